The van der Waals surface area contributed by atoms with Gasteiger partial charge in [-0.15, -0.1) is 0 Å². The molecule has 0 aromatic heterocycles. The van der Waals surface area contributed by atoms with Crippen LogP contribution in [0.25, 0.3) is 0 Å². The van der Waals surface area contributed by atoms with Crippen LogP contribution in [-0.4, -0.2) is 12.1 Å². The Balaban J connectivity index is 2.13. The summed E-state index contributed by atoms with van der Waals surface area (Å²) in [6, 6.07) is 8.02. The van der Waals surface area contributed by atoms with Gasteiger partial charge in [0.2, 0.25) is 5.91 Å². The Morgan fingerprint density at radius 1 is 1.20 bits per heavy atom. The zero-order chi connectivity index (χ0) is 14.6. The summed E-state index contributed by atoms with van der Waals surface area (Å²) < 4.78 is 0. The maximum absolute atomic E-state index is 11.6. The Morgan fingerprint density at radius 2 is 1.95 bits per heavy atom. The second-order valence-corrected chi connectivity index (χ2v) is 5.23. The van der Waals surface area contributed by atoms with Crippen LogP contribution in [0, 0.1) is 6.92 Å². The minimum Gasteiger partial charge on any atom is -0.273 e. The molecule has 0 radical (unpaired) electrons. The van der Waals surface area contributed by atoms with Gasteiger partial charge in [0, 0.05) is 6.42 Å². The van der Waals surface area contributed by atoms with Crippen molar-refractivity contribution in [2.75, 3.05) is 0 Å². The number of hydrazone groups is 1. The zero-order valence-corrected chi connectivity index (χ0v) is 12.7. The maximum atomic E-state index is 11.6. The summed E-state index contributed by atoms with van der Waals surface area (Å²) in [6.07, 6.45) is 9.41. The van der Waals surface area contributed by atoms with Crippen molar-refractivity contribution in [2.24, 2.45) is 5.10 Å². The zero-order valence-electron chi connectivity index (χ0n) is 12.7. The van der Waals surface area contributed by atoms with Crippen LogP contribution >= 0.6 is 0 Å². The lowest BCUT2D eigenvalue weighted by Crippen LogP contribution is -2.16. The second kappa shape index (κ2) is 10.2. The number of carbonyl (C=O) groups excluding carboxylic acids is 1. The number of carbonyl (C=O) groups is 1. The molecule has 0 heterocycles. The fourth-order valence-electron chi connectivity index (χ4n) is 2.05. The number of aryl methyl sites for hydroxylation is 1. The van der Waals surface area contributed by atoms with Gasteiger partial charge in [0.1, 0.15) is 0 Å². The van der Waals surface area contributed by atoms with Crippen LogP contribution in [0.1, 0.15) is 63.0 Å². The standard InChI is InChI=1S/C17H26N2O/c1-3-4-5-6-7-8-12-17(20)19-18-14-16-11-9-10-15(2)13-16/h9-11,13-14H,3-8,12H2,1-2H3,(H,19,20). The molecule has 0 saturated heterocycles. The molecular weight excluding hydrogens is 248 g/mol. The summed E-state index contributed by atoms with van der Waals surface area (Å²) in [6.45, 7) is 4.24. The number of unbranched alkanes of at least 4 members (excludes halogenated alkanes) is 5. The second-order valence-electron chi connectivity index (χ2n) is 5.23. The van der Waals surface area contributed by atoms with E-state index in [1.54, 1.807) is 6.21 Å². The van der Waals surface area contributed by atoms with Crippen LogP contribution in [0.3, 0.4) is 0 Å². The van der Waals surface area contributed by atoms with E-state index in [1.165, 1.54) is 31.2 Å². The van der Waals surface area contributed by atoms with Crippen LogP contribution in [0.5, 0.6) is 0 Å². The van der Waals surface area contributed by atoms with Gasteiger partial charge in [-0.2, -0.15) is 5.10 Å². The first-order valence-electron chi connectivity index (χ1n) is 7.61. The Morgan fingerprint density at radius 3 is 2.70 bits per heavy atom. The minimum atomic E-state index is 0.00407. The largest absolute Gasteiger partial charge is 0.273 e. The van der Waals surface area contributed by atoms with E-state index < -0.39 is 0 Å². The topological polar surface area (TPSA) is 41.5 Å². The fourth-order valence-corrected chi connectivity index (χ4v) is 2.05. The molecule has 0 unspecified atom stereocenters. The smallest absolute Gasteiger partial charge is 0.240 e. The number of hydrogen-bond donors (Lipinski definition) is 1. The Labute approximate surface area is 122 Å². The molecule has 0 spiro atoms. The van der Waals surface area contributed by atoms with E-state index >= 15 is 0 Å². The van der Waals surface area contributed by atoms with Gasteiger partial charge in [0.05, 0.1) is 6.21 Å². The number of nitrogens with one attached hydrogen (secondary N) is 1. The third-order valence-electron chi connectivity index (χ3n) is 3.20. The van der Waals surface area contributed by atoms with Gasteiger partial charge in [-0.3, -0.25) is 4.79 Å². The van der Waals surface area contributed by atoms with Crippen LogP contribution < -0.4 is 5.43 Å². The monoisotopic (exact) mass is 274 g/mol. The van der Waals surface area contributed by atoms with Crippen molar-refractivity contribution in [3.63, 3.8) is 0 Å². The first-order chi connectivity index (χ1) is 9.72. The number of hydrogen-bond acceptors (Lipinski definition) is 2. The maximum Gasteiger partial charge on any atom is 0.240 e. The lowest BCUT2D eigenvalue weighted by molar-refractivity contribution is -0.121. The molecule has 1 amide bonds. The van der Waals surface area contributed by atoms with Gasteiger partial charge in [0.25, 0.3) is 0 Å². The van der Waals surface area contributed by atoms with Crippen molar-refractivity contribution in [3.05, 3.63) is 35.4 Å². The van der Waals surface area contributed by atoms with Crippen LogP contribution in [-0.2, 0) is 4.79 Å². The van der Waals surface area contributed by atoms with Crippen molar-refractivity contribution >= 4 is 12.1 Å². The number of benzene rings is 1. The SMILES string of the molecule is CCCCCCCCC(=O)NN=Cc1cccc(C)c1. The van der Waals surface area contributed by atoms with Crippen molar-refractivity contribution in [3.8, 4) is 0 Å². The average Bonchev–Trinajstić information content (AvgIpc) is 2.43. The molecule has 3 heteroatoms. The van der Waals surface area contributed by atoms with Crippen molar-refractivity contribution in [1.82, 2.24) is 5.43 Å². The van der Waals surface area contributed by atoms with E-state index in [9.17, 15) is 4.79 Å². The normalized spacial score (nSPS) is 10.9. The molecule has 0 fully saturated rings. The van der Waals surface area contributed by atoms with Crippen molar-refractivity contribution in [2.45, 2.75) is 58.8 Å². The molecule has 0 bridgehead atoms. The molecule has 0 aliphatic carbocycles. The lowest BCUT2D eigenvalue weighted by atomic mass is 10.1. The predicted molar refractivity (Wildman–Crippen MR) is 84.9 cm³/mol. The van der Waals surface area contributed by atoms with E-state index in [1.807, 2.05) is 31.2 Å². The van der Waals surface area contributed by atoms with E-state index in [2.05, 4.69) is 17.5 Å². The summed E-state index contributed by atoms with van der Waals surface area (Å²) in [4.78, 5) is 11.6. The molecule has 1 aromatic rings. The molecule has 0 aliphatic rings. The van der Waals surface area contributed by atoms with Gasteiger partial charge in [-0.25, -0.2) is 5.43 Å². The highest BCUT2D eigenvalue weighted by Crippen LogP contribution is 2.06. The van der Waals surface area contributed by atoms with Gasteiger partial charge in [-0.1, -0.05) is 68.9 Å². The average molecular weight is 274 g/mol. The quantitative estimate of drug-likeness (QED) is 0.409. The molecular formula is C17H26N2O. The Hall–Kier alpha value is -1.64. The number of rotatable bonds is 9. The molecule has 1 rings (SSSR count). The molecule has 20 heavy (non-hydrogen) atoms. The van der Waals surface area contributed by atoms with Crippen LogP contribution in [0.2, 0.25) is 0 Å². The molecule has 0 aliphatic heterocycles. The van der Waals surface area contributed by atoms with Gasteiger partial charge < -0.3 is 0 Å². The van der Waals surface area contributed by atoms with Crippen LogP contribution in [0.15, 0.2) is 29.4 Å². The van der Waals surface area contributed by atoms with E-state index in [0.717, 1.165) is 18.4 Å². The third kappa shape index (κ3) is 7.72. The van der Waals surface area contributed by atoms with E-state index in [-0.39, 0.29) is 5.91 Å². The van der Waals surface area contributed by atoms with Gasteiger partial charge in [0.15, 0.2) is 0 Å². The van der Waals surface area contributed by atoms with Crippen molar-refractivity contribution < 1.29 is 4.79 Å². The van der Waals surface area contributed by atoms with Gasteiger partial charge in [-0.05, 0) is 18.9 Å². The minimum absolute atomic E-state index is 0.00407. The first kappa shape index (κ1) is 16.4. The van der Waals surface area contributed by atoms with E-state index in [0.29, 0.717) is 6.42 Å². The Kier molecular flexibility index (Phi) is 8.36. The molecule has 0 saturated carbocycles. The highest BCUT2D eigenvalue weighted by Gasteiger charge is 1.99. The van der Waals surface area contributed by atoms with E-state index in [4.69, 9.17) is 0 Å². The lowest BCUT2D eigenvalue weighted by Gasteiger charge is -2.01. The molecule has 0 atom stereocenters. The summed E-state index contributed by atoms with van der Waals surface area (Å²) in [5, 5.41) is 3.99. The fraction of sp³-hybridized carbons (Fsp3) is 0.529. The number of amides is 1. The molecule has 110 valence electrons. The molecule has 3 nitrogen and oxygen atoms in total. The summed E-state index contributed by atoms with van der Waals surface area (Å²) in [5.74, 6) is 0.00407. The summed E-state index contributed by atoms with van der Waals surface area (Å²) in [5.41, 5.74) is 4.78. The third-order valence-corrected chi connectivity index (χ3v) is 3.20. The van der Waals surface area contributed by atoms with Gasteiger partial charge >= 0.3 is 0 Å². The Bertz CT molecular complexity index is 427. The predicted octanol–water partition coefficient (Wildman–Crippen LogP) is 4.20. The highest BCUT2D eigenvalue weighted by molar-refractivity contribution is 5.82. The molecule has 1 aromatic carbocycles. The number of nitrogens with zero attached hydrogens (tertiary/aromatic N) is 1. The molecule has 1 N–H and O–H groups in total. The summed E-state index contributed by atoms with van der Waals surface area (Å²) >= 11 is 0. The van der Waals surface area contributed by atoms with Crippen molar-refractivity contribution in [1.29, 1.82) is 0 Å². The van der Waals surface area contributed by atoms with Crippen LogP contribution in [0.4, 0.5) is 0 Å². The highest BCUT2D eigenvalue weighted by atomic mass is 16.2. The first-order valence-corrected chi connectivity index (χ1v) is 7.61. The summed E-state index contributed by atoms with van der Waals surface area (Å²) in [7, 11) is 0.